The van der Waals surface area contributed by atoms with Crippen molar-refractivity contribution in [3.63, 3.8) is 0 Å². The Labute approximate surface area is 169 Å². The van der Waals surface area contributed by atoms with Crippen LogP contribution in [-0.2, 0) is 4.79 Å². The van der Waals surface area contributed by atoms with Gasteiger partial charge in [-0.05, 0) is 30.7 Å². The van der Waals surface area contributed by atoms with E-state index < -0.39 is 0 Å². The zero-order valence-corrected chi connectivity index (χ0v) is 17.6. The van der Waals surface area contributed by atoms with Crippen LogP contribution in [0.1, 0.15) is 36.8 Å². The van der Waals surface area contributed by atoms with Crippen LogP contribution in [0.3, 0.4) is 0 Å². The van der Waals surface area contributed by atoms with E-state index in [2.05, 4.69) is 39.7 Å². The van der Waals surface area contributed by atoms with Crippen molar-refractivity contribution in [1.29, 1.82) is 0 Å². The van der Waals surface area contributed by atoms with Crippen molar-refractivity contribution in [3.05, 3.63) is 58.0 Å². The summed E-state index contributed by atoms with van der Waals surface area (Å²) in [6.45, 7) is 9.18. The number of hydrogen-bond donors (Lipinski definition) is 0. The van der Waals surface area contributed by atoms with E-state index in [9.17, 15) is 4.79 Å². The summed E-state index contributed by atoms with van der Waals surface area (Å²) in [5.74, 6) is 2.19. The molecular weight excluding hydrogens is 404 g/mol. The molecule has 1 aromatic carbocycles. The number of piperazine rings is 1. The van der Waals surface area contributed by atoms with Crippen molar-refractivity contribution < 1.29 is 4.79 Å². The van der Waals surface area contributed by atoms with Gasteiger partial charge in [-0.2, -0.15) is 0 Å². The monoisotopic (exact) mass is 428 g/mol. The summed E-state index contributed by atoms with van der Waals surface area (Å²) in [6, 6.07) is 9.93. The molecule has 0 saturated carbocycles. The number of halogens is 1. The summed E-state index contributed by atoms with van der Waals surface area (Å²) in [7, 11) is 0. The second-order valence-electron chi connectivity index (χ2n) is 7.08. The topological polar surface area (TPSA) is 49.3 Å². The van der Waals surface area contributed by atoms with E-state index in [4.69, 9.17) is 4.98 Å². The molecule has 0 bridgehead atoms. The third kappa shape index (κ3) is 5.16. The second kappa shape index (κ2) is 8.65. The van der Waals surface area contributed by atoms with E-state index in [1.807, 2.05) is 48.2 Å². The Hall–Kier alpha value is -2.21. The van der Waals surface area contributed by atoms with Crippen LogP contribution >= 0.6 is 15.9 Å². The summed E-state index contributed by atoms with van der Waals surface area (Å²) >= 11 is 3.42. The number of amides is 1. The first kappa shape index (κ1) is 19.5. The second-order valence-corrected chi connectivity index (χ2v) is 7.99. The van der Waals surface area contributed by atoms with E-state index in [1.165, 1.54) is 0 Å². The maximum Gasteiger partial charge on any atom is 0.246 e. The predicted octanol–water partition coefficient (Wildman–Crippen LogP) is 4.03. The number of benzene rings is 1. The summed E-state index contributed by atoms with van der Waals surface area (Å²) < 4.78 is 1.03. The number of carbonyl (C=O) groups is 1. The zero-order valence-electron chi connectivity index (χ0n) is 16.0. The quantitative estimate of drug-likeness (QED) is 0.689. The Morgan fingerprint density at radius 2 is 1.78 bits per heavy atom. The van der Waals surface area contributed by atoms with Crippen molar-refractivity contribution in [2.75, 3.05) is 31.1 Å². The molecule has 1 aliphatic rings. The molecule has 6 heteroatoms. The minimum absolute atomic E-state index is 0.0549. The van der Waals surface area contributed by atoms with Crippen molar-refractivity contribution >= 4 is 33.7 Å². The van der Waals surface area contributed by atoms with Crippen molar-refractivity contribution in [1.82, 2.24) is 14.9 Å². The fraction of sp³-hybridized carbons (Fsp3) is 0.381. The molecule has 142 valence electrons. The molecule has 0 atom stereocenters. The number of carbonyl (C=O) groups excluding carboxylic acids is 1. The molecule has 1 aromatic heterocycles. The lowest BCUT2D eigenvalue weighted by molar-refractivity contribution is -0.126. The maximum absolute atomic E-state index is 12.5. The van der Waals surface area contributed by atoms with Crippen LogP contribution in [0.2, 0.25) is 0 Å². The van der Waals surface area contributed by atoms with E-state index in [-0.39, 0.29) is 5.91 Å². The molecule has 0 radical (unpaired) electrons. The molecule has 2 aromatic rings. The van der Waals surface area contributed by atoms with E-state index >= 15 is 0 Å². The SMILES string of the molecule is Cc1cc(N2CCN(C(=O)/C=C/c3ccc(Br)cc3)CC2)nc(C(C)C)n1. The molecule has 0 spiro atoms. The highest BCUT2D eigenvalue weighted by Gasteiger charge is 2.21. The number of aromatic nitrogens is 2. The van der Waals surface area contributed by atoms with Gasteiger partial charge in [-0.1, -0.05) is 41.9 Å². The van der Waals surface area contributed by atoms with E-state index in [1.54, 1.807) is 6.08 Å². The molecule has 0 aliphatic carbocycles. The molecule has 1 aliphatic heterocycles. The van der Waals surface area contributed by atoms with E-state index in [0.29, 0.717) is 19.0 Å². The fourth-order valence-corrected chi connectivity index (χ4v) is 3.26. The van der Waals surface area contributed by atoms with Crippen molar-refractivity contribution in [3.8, 4) is 0 Å². The number of hydrogen-bond acceptors (Lipinski definition) is 4. The molecule has 0 N–H and O–H groups in total. The van der Waals surface area contributed by atoms with Crippen molar-refractivity contribution in [2.24, 2.45) is 0 Å². The molecular formula is C21H25BrN4O. The zero-order chi connectivity index (χ0) is 19.4. The first-order valence-corrected chi connectivity index (χ1v) is 10.0. The van der Waals surface area contributed by atoms with Crippen LogP contribution in [0.5, 0.6) is 0 Å². The molecule has 2 heterocycles. The highest BCUT2D eigenvalue weighted by molar-refractivity contribution is 9.10. The highest BCUT2D eigenvalue weighted by Crippen LogP contribution is 2.19. The number of rotatable bonds is 4. The molecule has 0 unspecified atom stereocenters. The van der Waals surface area contributed by atoms with Gasteiger partial charge in [0.05, 0.1) is 0 Å². The Balaban J connectivity index is 1.60. The largest absolute Gasteiger partial charge is 0.353 e. The van der Waals surface area contributed by atoms with Gasteiger partial charge in [0.2, 0.25) is 5.91 Å². The molecule has 1 amide bonds. The molecule has 1 saturated heterocycles. The summed E-state index contributed by atoms with van der Waals surface area (Å²) in [6.07, 6.45) is 3.52. The minimum atomic E-state index is 0.0549. The Morgan fingerprint density at radius 3 is 2.41 bits per heavy atom. The standard InChI is InChI=1S/C21H25BrN4O/c1-15(2)21-23-16(3)14-19(24-21)25-10-12-26(13-11-25)20(27)9-6-17-4-7-18(22)8-5-17/h4-9,14-15H,10-13H2,1-3H3/b9-6+. The van der Waals surface area contributed by atoms with Crippen LogP contribution in [0.15, 0.2) is 40.9 Å². The van der Waals surface area contributed by atoms with E-state index in [0.717, 1.165) is 40.5 Å². The molecule has 1 fully saturated rings. The fourth-order valence-electron chi connectivity index (χ4n) is 3.00. The van der Waals surface area contributed by atoms with Gasteiger partial charge in [0.25, 0.3) is 0 Å². The lowest BCUT2D eigenvalue weighted by atomic mass is 10.2. The molecule has 27 heavy (non-hydrogen) atoms. The normalized spacial score (nSPS) is 15.0. The Bertz CT molecular complexity index is 825. The Morgan fingerprint density at radius 1 is 1.11 bits per heavy atom. The van der Waals surface area contributed by atoms with Crippen LogP contribution < -0.4 is 4.90 Å². The lowest BCUT2D eigenvalue weighted by Gasteiger charge is -2.35. The summed E-state index contributed by atoms with van der Waals surface area (Å²) in [4.78, 5) is 25.8. The lowest BCUT2D eigenvalue weighted by Crippen LogP contribution is -2.48. The summed E-state index contributed by atoms with van der Waals surface area (Å²) in [5.41, 5.74) is 2.00. The van der Waals surface area contributed by atoms with Gasteiger partial charge in [0, 0.05) is 54.4 Å². The summed E-state index contributed by atoms with van der Waals surface area (Å²) in [5, 5.41) is 0. The van der Waals surface area contributed by atoms with Gasteiger partial charge in [-0.15, -0.1) is 0 Å². The molecule has 5 nitrogen and oxygen atoms in total. The maximum atomic E-state index is 12.5. The van der Waals surface area contributed by atoms with Gasteiger partial charge in [0.15, 0.2) is 0 Å². The van der Waals surface area contributed by atoms with Gasteiger partial charge in [-0.25, -0.2) is 9.97 Å². The van der Waals surface area contributed by atoms with Crippen LogP contribution in [0.25, 0.3) is 6.08 Å². The third-order valence-electron chi connectivity index (χ3n) is 4.58. The number of nitrogens with zero attached hydrogens (tertiary/aromatic N) is 4. The van der Waals surface area contributed by atoms with Gasteiger partial charge >= 0.3 is 0 Å². The average Bonchev–Trinajstić information content (AvgIpc) is 2.67. The van der Waals surface area contributed by atoms with Crippen molar-refractivity contribution in [2.45, 2.75) is 26.7 Å². The van der Waals surface area contributed by atoms with Gasteiger partial charge in [0.1, 0.15) is 11.6 Å². The first-order valence-electron chi connectivity index (χ1n) is 9.25. The smallest absolute Gasteiger partial charge is 0.246 e. The Kier molecular flexibility index (Phi) is 6.26. The molecule has 3 rings (SSSR count). The van der Waals surface area contributed by atoms with Gasteiger partial charge < -0.3 is 9.80 Å². The minimum Gasteiger partial charge on any atom is -0.353 e. The highest BCUT2D eigenvalue weighted by atomic mass is 79.9. The predicted molar refractivity (Wildman–Crippen MR) is 113 cm³/mol. The van der Waals surface area contributed by atoms with Crippen LogP contribution in [0.4, 0.5) is 5.82 Å². The first-order chi connectivity index (χ1) is 12.9. The average molecular weight is 429 g/mol. The van der Waals surface area contributed by atoms with Crippen LogP contribution in [0, 0.1) is 6.92 Å². The van der Waals surface area contributed by atoms with Crippen LogP contribution in [-0.4, -0.2) is 47.0 Å². The van der Waals surface area contributed by atoms with Gasteiger partial charge in [-0.3, -0.25) is 4.79 Å². The third-order valence-corrected chi connectivity index (χ3v) is 5.11. The number of aryl methyl sites for hydroxylation is 1. The number of anilines is 1.